The Labute approximate surface area is 142 Å². The number of nitrogens with one attached hydrogen (secondary N) is 1. The highest BCUT2D eigenvalue weighted by molar-refractivity contribution is 5.75. The summed E-state index contributed by atoms with van der Waals surface area (Å²) < 4.78 is 0. The Morgan fingerprint density at radius 2 is 2.04 bits per heavy atom. The number of hydrogen-bond acceptors (Lipinski definition) is 3. The van der Waals surface area contributed by atoms with Gasteiger partial charge in [-0.1, -0.05) is 13.0 Å². The van der Waals surface area contributed by atoms with Gasteiger partial charge in [0.15, 0.2) is 0 Å². The number of carbonyl (C=O) groups is 2. The molecule has 1 aromatic heterocycles. The molecule has 1 aliphatic carbocycles. The summed E-state index contributed by atoms with van der Waals surface area (Å²) in [5.74, 6) is -0.512. The Morgan fingerprint density at radius 3 is 2.67 bits per heavy atom. The van der Waals surface area contributed by atoms with Crippen molar-refractivity contribution in [3.63, 3.8) is 0 Å². The number of carboxylic acids is 1. The molecule has 2 unspecified atom stereocenters. The number of hydrogen-bond donors (Lipinski definition) is 2. The number of urea groups is 1. The molecule has 0 radical (unpaired) electrons. The molecular weight excluding hydrogens is 306 g/mol. The van der Waals surface area contributed by atoms with Crippen LogP contribution in [-0.2, 0) is 4.79 Å². The molecule has 6 nitrogen and oxygen atoms in total. The van der Waals surface area contributed by atoms with E-state index >= 15 is 0 Å². The lowest BCUT2D eigenvalue weighted by Crippen LogP contribution is -2.46. The molecule has 6 heteroatoms. The first-order chi connectivity index (χ1) is 11.5. The van der Waals surface area contributed by atoms with Crippen molar-refractivity contribution >= 4 is 12.0 Å². The SMILES string of the molecule is CC1CC(c2cccnc2)N(C(=O)NC2CCC(C(=O)O)CC2)C1. The zero-order valence-electron chi connectivity index (χ0n) is 14.0. The summed E-state index contributed by atoms with van der Waals surface area (Å²) in [5.41, 5.74) is 1.08. The largest absolute Gasteiger partial charge is 0.481 e. The Bertz CT molecular complexity index is 584. The Kier molecular flexibility index (Phi) is 5.02. The number of pyridine rings is 1. The van der Waals surface area contributed by atoms with Gasteiger partial charge in [-0.05, 0) is 49.7 Å². The van der Waals surface area contributed by atoms with Crippen molar-refractivity contribution in [2.75, 3.05) is 6.54 Å². The highest BCUT2D eigenvalue weighted by Crippen LogP contribution is 2.35. The average Bonchev–Trinajstić information content (AvgIpc) is 2.98. The molecular formula is C18H25N3O3. The van der Waals surface area contributed by atoms with Crippen molar-refractivity contribution in [2.45, 2.75) is 51.1 Å². The summed E-state index contributed by atoms with van der Waals surface area (Å²) in [6.45, 7) is 2.91. The van der Waals surface area contributed by atoms with Gasteiger partial charge < -0.3 is 15.3 Å². The van der Waals surface area contributed by atoms with E-state index in [4.69, 9.17) is 5.11 Å². The minimum atomic E-state index is -0.718. The van der Waals surface area contributed by atoms with E-state index < -0.39 is 5.97 Å². The van der Waals surface area contributed by atoms with Crippen LogP contribution in [-0.4, -0.2) is 39.6 Å². The van der Waals surface area contributed by atoms with Crippen LogP contribution in [0.2, 0.25) is 0 Å². The lowest BCUT2D eigenvalue weighted by molar-refractivity contribution is -0.142. The van der Waals surface area contributed by atoms with Gasteiger partial charge in [0.05, 0.1) is 12.0 Å². The Morgan fingerprint density at radius 1 is 1.29 bits per heavy atom. The van der Waals surface area contributed by atoms with E-state index in [1.54, 1.807) is 6.20 Å². The van der Waals surface area contributed by atoms with Crippen LogP contribution in [0.3, 0.4) is 0 Å². The number of nitrogens with zero attached hydrogens (tertiary/aromatic N) is 2. The van der Waals surface area contributed by atoms with Crippen LogP contribution >= 0.6 is 0 Å². The van der Waals surface area contributed by atoms with Crippen LogP contribution in [0.25, 0.3) is 0 Å². The van der Waals surface area contributed by atoms with Crippen molar-refractivity contribution in [1.82, 2.24) is 15.2 Å². The molecule has 1 saturated heterocycles. The normalized spacial score (nSPS) is 30.1. The molecule has 2 heterocycles. The molecule has 1 aromatic rings. The Hall–Kier alpha value is -2.11. The number of rotatable bonds is 3. The number of likely N-dealkylation sites (tertiary alicyclic amines) is 1. The first-order valence-electron chi connectivity index (χ1n) is 8.74. The van der Waals surface area contributed by atoms with Crippen LogP contribution in [0.4, 0.5) is 4.79 Å². The van der Waals surface area contributed by atoms with Gasteiger partial charge >= 0.3 is 12.0 Å². The molecule has 0 spiro atoms. The van der Waals surface area contributed by atoms with Gasteiger partial charge in [0.25, 0.3) is 0 Å². The maximum atomic E-state index is 12.7. The molecule has 1 saturated carbocycles. The minimum Gasteiger partial charge on any atom is -0.481 e. The molecule has 2 atom stereocenters. The van der Waals surface area contributed by atoms with Gasteiger partial charge in [0.1, 0.15) is 0 Å². The first-order valence-corrected chi connectivity index (χ1v) is 8.74. The summed E-state index contributed by atoms with van der Waals surface area (Å²) in [4.78, 5) is 29.8. The predicted octanol–water partition coefficient (Wildman–Crippen LogP) is 2.82. The quantitative estimate of drug-likeness (QED) is 0.892. The lowest BCUT2D eigenvalue weighted by Gasteiger charge is -2.31. The van der Waals surface area contributed by atoms with Crippen molar-refractivity contribution in [3.8, 4) is 0 Å². The second-order valence-electron chi connectivity index (χ2n) is 7.13. The topological polar surface area (TPSA) is 82.5 Å². The standard InChI is InChI=1S/C18H25N3O3/c1-12-9-16(14-3-2-8-19-10-14)21(11-12)18(24)20-15-6-4-13(5-7-15)17(22)23/h2-3,8,10,12-13,15-16H,4-7,9,11H2,1H3,(H,20,24)(H,22,23). The molecule has 24 heavy (non-hydrogen) atoms. The van der Waals surface area contributed by atoms with E-state index in [0.29, 0.717) is 18.8 Å². The fraction of sp³-hybridized carbons (Fsp3) is 0.611. The van der Waals surface area contributed by atoms with E-state index in [0.717, 1.165) is 31.4 Å². The molecule has 2 N–H and O–H groups in total. The van der Waals surface area contributed by atoms with Crippen LogP contribution < -0.4 is 5.32 Å². The monoisotopic (exact) mass is 331 g/mol. The highest BCUT2D eigenvalue weighted by atomic mass is 16.4. The lowest BCUT2D eigenvalue weighted by atomic mass is 9.86. The van der Waals surface area contributed by atoms with E-state index in [-0.39, 0.29) is 24.0 Å². The third-order valence-electron chi connectivity index (χ3n) is 5.24. The van der Waals surface area contributed by atoms with Crippen LogP contribution in [0, 0.1) is 11.8 Å². The third-order valence-corrected chi connectivity index (χ3v) is 5.24. The van der Waals surface area contributed by atoms with Crippen LogP contribution in [0.5, 0.6) is 0 Å². The number of amides is 2. The van der Waals surface area contributed by atoms with E-state index in [1.165, 1.54) is 0 Å². The number of aliphatic carboxylic acids is 1. The van der Waals surface area contributed by atoms with Gasteiger partial charge in [-0.15, -0.1) is 0 Å². The second kappa shape index (κ2) is 7.20. The molecule has 0 aromatic carbocycles. The minimum absolute atomic E-state index is 0.0352. The number of aromatic nitrogens is 1. The summed E-state index contributed by atoms with van der Waals surface area (Å²) >= 11 is 0. The van der Waals surface area contributed by atoms with Gasteiger partial charge in [-0.25, -0.2) is 4.79 Å². The fourth-order valence-corrected chi connectivity index (χ4v) is 3.90. The molecule has 3 rings (SSSR count). The maximum absolute atomic E-state index is 12.7. The molecule has 130 valence electrons. The first kappa shape index (κ1) is 16.7. The summed E-state index contributed by atoms with van der Waals surface area (Å²) in [5, 5.41) is 12.2. The van der Waals surface area contributed by atoms with E-state index in [1.807, 2.05) is 23.2 Å². The summed E-state index contributed by atoms with van der Waals surface area (Å²) in [7, 11) is 0. The van der Waals surface area contributed by atoms with Crippen molar-refractivity contribution in [1.29, 1.82) is 0 Å². The van der Waals surface area contributed by atoms with Crippen molar-refractivity contribution in [3.05, 3.63) is 30.1 Å². The maximum Gasteiger partial charge on any atom is 0.318 e. The molecule has 2 amide bonds. The number of carboxylic acid groups (broad SMARTS) is 1. The number of carbonyl (C=O) groups excluding carboxylic acids is 1. The van der Waals surface area contributed by atoms with Gasteiger partial charge in [0.2, 0.25) is 0 Å². The predicted molar refractivity (Wildman–Crippen MR) is 89.4 cm³/mol. The van der Waals surface area contributed by atoms with Crippen LogP contribution in [0.1, 0.15) is 50.6 Å². The Balaban J connectivity index is 1.61. The van der Waals surface area contributed by atoms with Gasteiger partial charge in [0, 0.05) is 25.0 Å². The molecule has 2 aliphatic rings. The zero-order valence-corrected chi connectivity index (χ0v) is 14.0. The van der Waals surface area contributed by atoms with Crippen molar-refractivity contribution < 1.29 is 14.7 Å². The average molecular weight is 331 g/mol. The van der Waals surface area contributed by atoms with Gasteiger partial charge in [-0.3, -0.25) is 9.78 Å². The fourth-order valence-electron chi connectivity index (χ4n) is 3.90. The van der Waals surface area contributed by atoms with E-state index in [2.05, 4.69) is 17.2 Å². The zero-order chi connectivity index (χ0) is 17.1. The summed E-state index contributed by atoms with van der Waals surface area (Å²) in [6, 6.07) is 4.05. The molecule has 1 aliphatic heterocycles. The highest BCUT2D eigenvalue weighted by Gasteiger charge is 2.35. The second-order valence-corrected chi connectivity index (χ2v) is 7.13. The third kappa shape index (κ3) is 3.68. The van der Waals surface area contributed by atoms with Gasteiger partial charge in [-0.2, -0.15) is 0 Å². The van der Waals surface area contributed by atoms with Crippen LogP contribution in [0.15, 0.2) is 24.5 Å². The molecule has 0 bridgehead atoms. The smallest absolute Gasteiger partial charge is 0.318 e. The van der Waals surface area contributed by atoms with Crippen molar-refractivity contribution in [2.24, 2.45) is 11.8 Å². The summed E-state index contributed by atoms with van der Waals surface area (Å²) in [6.07, 6.45) is 7.29. The molecule has 2 fully saturated rings. The van der Waals surface area contributed by atoms with E-state index in [9.17, 15) is 9.59 Å².